The molecule has 1 saturated carbocycles. The van der Waals surface area contributed by atoms with Crippen molar-refractivity contribution in [2.24, 2.45) is 5.41 Å². The van der Waals surface area contributed by atoms with Gasteiger partial charge in [-0.2, -0.15) is 0 Å². The van der Waals surface area contributed by atoms with Crippen LogP contribution in [0.1, 0.15) is 47.0 Å². The minimum absolute atomic E-state index is 0.438. The van der Waals surface area contributed by atoms with Crippen LogP contribution in [0, 0.1) is 5.41 Å². The van der Waals surface area contributed by atoms with Gasteiger partial charge in [-0.05, 0) is 31.6 Å². The van der Waals surface area contributed by atoms with Crippen LogP contribution in [0.15, 0.2) is 0 Å². The molecule has 2 heteroatoms. The molecule has 0 aromatic heterocycles. The number of hydrogen-bond acceptors (Lipinski definition) is 2. The Morgan fingerprint density at radius 1 is 1.36 bits per heavy atom. The SMILES string of the molecule is CCC(C)(C)CNC(C)CNC1CC1. The summed E-state index contributed by atoms with van der Waals surface area (Å²) >= 11 is 0. The standard InChI is InChI=1S/C12H26N2/c1-5-12(3,4)9-14-10(2)8-13-11-6-7-11/h10-11,13-14H,5-9H2,1-4H3. The van der Waals surface area contributed by atoms with E-state index in [2.05, 4.69) is 38.3 Å². The molecule has 1 fully saturated rings. The van der Waals surface area contributed by atoms with Gasteiger partial charge in [0.15, 0.2) is 0 Å². The van der Waals surface area contributed by atoms with Crippen LogP contribution in [0.4, 0.5) is 0 Å². The largest absolute Gasteiger partial charge is 0.312 e. The minimum Gasteiger partial charge on any atom is -0.312 e. The Morgan fingerprint density at radius 2 is 2.00 bits per heavy atom. The molecule has 2 nitrogen and oxygen atoms in total. The van der Waals surface area contributed by atoms with Crippen LogP contribution in [0.5, 0.6) is 0 Å². The van der Waals surface area contributed by atoms with E-state index in [0.717, 1.165) is 19.1 Å². The van der Waals surface area contributed by atoms with Crippen molar-refractivity contribution >= 4 is 0 Å². The maximum absolute atomic E-state index is 3.59. The van der Waals surface area contributed by atoms with Crippen LogP contribution in [-0.2, 0) is 0 Å². The first-order valence-corrected chi connectivity index (χ1v) is 6.00. The van der Waals surface area contributed by atoms with Gasteiger partial charge in [-0.15, -0.1) is 0 Å². The minimum atomic E-state index is 0.438. The second kappa shape index (κ2) is 5.13. The zero-order valence-electron chi connectivity index (χ0n) is 10.2. The molecule has 0 aromatic carbocycles. The first-order valence-electron chi connectivity index (χ1n) is 6.00. The first kappa shape index (κ1) is 12.0. The molecule has 14 heavy (non-hydrogen) atoms. The lowest BCUT2D eigenvalue weighted by Gasteiger charge is -2.25. The second-order valence-electron chi connectivity index (χ2n) is 5.48. The Morgan fingerprint density at radius 3 is 2.50 bits per heavy atom. The van der Waals surface area contributed by atoms with Gasteiger partial charge < -0.3 is 10.6 Å². The number of nitrogens with one attached hydrogen (secondary N) is 2. The summed E-state index contributed by atoms with van der Waals surface area (Å²) in [4.78, 5) is 0. The predicted molar refractivity (Wildman–Crippen MR) is 62.6 cm³/mol. The smallest absolute Gasteiger partial charge is 0.0164 e. The third kappa shape index (κ3) is 4.97. The quantitative estimate of drug-likeness (QED) is 0.655. The van der Waals surface area contributed by atoms with Crippen molar-refractivity contribution in [3.63, 3.8) is 0 Å². The van der Waals surface area contributed by atoms with E-state index < -0.39 is 0 Å². The fourth-order valence-corrected chi connectivity index (χ4v) is 1.28. The van der Waals surface area contributed by atoms with E-state index in [0.29, 0.717) is 11.5 Å². The Bertz CT molecular complexity index is 162. The summed E-state index contributed by atoms with van der Waals surface area (Å²) in [5.41, 5.74) is 0.438. The number of rotatable bonds is 7. The topological polar surface area (TPSA) is 24.1 Å². The fraction of sp³-hybridized carbons (Fsp3) is 1.00. The normalized spacial score (nSPS) is 19.7. The molecule has 84 valence electrons. The summed E-state index contributed by atoms with van der Waals surface area (Å²) < 4.78 is 0. The highest BCUT2D eigenvalue weighted by molar-refractivity contribution is 4.83. The highest BCUT2D eigenvalue weighted by Crippen LogP contribution is 2.19. The van der Waals surface area contributed by atoms with Gasteiger partial charge in [-0.25, -0.2) is 0 Å². The third-order valence-corrected chi connectivity index (χ3v) is 3.18. The Balaban J connectivity index is 2.03. The van der Waals surface area contributed by atoms with E-state index >= 15 is 0 Å². The van der Waals surface area contributed by atoms with Crippen LogP contribution in [0.3, 0.4) is 0 Å². The van der Waals surface area contributed by atoms with Gasteiger partial charge in [0.25, 0.3) is 0 Å². The predicted octanol–water partition coefficient (Wildman–Crippen LogP) is 2.15. The summed E-state index contributed by atoms with van der Waals surface area (Å²) in [5, 5.41) is 7.14. The van der Waals surface area contributed by atoms with E-state index in [1.54, 1.807) is 0 Å². The molecule has 0 bridgehead atoms. The van der Waals surface area contributed by atoms with Gasteiger partial charge in [-0.1, -0.05) is 20.8 Å². The van der Waals surface area contributed by atoms with E-state index in [-0.39, 0.29) is 0 Å². The van der Waals surface area contributed by atoms with Gasteiger partial charge in [0.05, 0.1) is 0 Å². The first-order chi connectivity index (χ1) is 6.53. The summed E-state index contributed by atoms with van der Waals surface area (Å²) in [7, 11) is 0. The molecule has 1 unspecified atom stereocenters. The molecule has 1 aliphatic rings. The van der Waals surface area contributed by atoms with Crippen molar-refractivity contribution in [2.75, 3.05) is 13.1 Å². The van der Waals surface area contributed by atoms with Crippen molar-refractivity contribution in [3.8, 4) is 0 Å². The lowest BCUT2D eigenvalue weighted by molar-refractivity contribution is 0.309. The Labute approximate surface area is 88.8 Å². The lowest BCUT2D eigenvalue weighted by Crippen LogP contribution is -2.41. The second-order valence-corrected chi connectivity index (χ2v) is 5.48. The van der Waals surface area contributed by atoms with Gasteiger partial charge in [0, 0.05) is 25.2 Å². The molecule has 1 atom stereocenters. The molecule has 0 aliphatic heterocycles. The van der Waals surface area contributed by atoms with E-state index in [4.69, 9.17) is 0 Å². The van der Waals surface area contributed by atoms with E-state index in [1.165, 1.54) is 19.3 Å². The molecular weight excluding hydrogens is 172 g/mol. The highest BCUT2D eigenvalue weighted by Gasteiger charge is 2.21. The van der Waals surface area contributed by atoms with Crippen LogP contribution >= 0.6 is 0 Å². The van der Waals surface area contributed by atoms with Crippen molar-refractivity contribution in [1.82, 2.24) is 10.6 Å². The van der Waals surface area contributed by atoms with Gasteiger partial charge in [0.2, 0.25) is 0 Å². The van der Waals surface area contributed by atoms with Crippen molar-refractivity contribution in [2.45, 2.75) is 59.0 Å². The summed E-state index contributed by atoms with van der Waals surface area (Å²) in [6, 6.07) is 1.43. The molecule has 1 aliphatic carbocycles. The Hall–Kier alpha value is -0.0800. The molecule has 0 spiro atoms. The van der Waals surface area contributed by atoms with Crippen molar-refractivity contribution in [1.29, 1.82) is 0 Å². The van der Waals surface area contributed by atoms with Gasteiger partial charge in [0.1, 0.15) is 0 Å². The summed E-state index contributed by atoms with van der Waals surface area (Å²) in [5.74, 6) is 0. The van der Waals surface area contributed by atoms with Gasteiger partial charge in [-0.3, -0.25) is 0 Å². The van der Waals surface area contributed by atoms with E-state index in [1.807, 2.05) is 0 Å². The lowest BCUT2D eigenvalue weighted by atomic mass is 9.90. The zero-order chi connectivity index (χ0) is 10.6. The average Bonchev–Trinajstić information content (AvgIpc) is 2.95. The summed E-state index contributed by atoms with van der Waals surface area (Å²) in [6.07, 6.45) is 4.00. The maximum atomic E-state index is 3.59. The summed E-state index contributed by atoms with van der Waals surface area (Å²) in [6.45, 7) is 11.4. The van der Waals surface area contributed by atoms with Gasteiger partial charge >= 0.3 is 0 Å². The molecule has 0 aromatic rings. The Kier molecular flexibility index (Phi) is 4.39. The van der Waals surface area contributed by atoms with Crippen LogP contribution in [0.25, 0.3) is 0 Å². The van der Waals surface area contributed by atoms with Crippen LogP contribution in [-0.4, -0.2) is 25.2 Å². The molecular formula is C12H26N2. The fourth-order valence-electron chi connectivity index (χ4n) is 1.28. The van der Waals surface area contributed by atoms with Crippen molar-refractivity contribution < 1.29 is 0 Å². The third-order valence-electron chi connectivity index (χ3n) is 3.18. The molecule has 0 amide bonds. The molecule has 1 rings (SSSR count). The molecule has 0 saturated heterocycles. The molecule has 0 radical (unpaired) electrons. The average molecular weight is 198 g/mol. The highest BCUT2D eigenvalue weighted by atomic mass is 15.0. The monoisotopic (exact) mass is 198 g/mol. The van der Waals surface area contributed by atoms with Crippen molar-refractivity contribution in [3.05, 3.63) is 0 Å². The van der Waals surface area contributed by atoms with E-state index in [9.17, 15) is 0 Å². The van der Waals surface area contributed by atoms with Crippen LogP contribution in [0.2, 0.25) is 0 Å². The molecule has 0 heterocycles. The van der Waals surface area contributed by atoms with Crippen LogP contribution < -0.4 is 10.6 Å². The number of hydrogen-bond donors (Lipinski definition) is 2. The maximum Gasteiger partial charge on any atom is 0.0164 e. The zero-order valence-corrected chi connectivity index (χ0v) is 10.2. The molecule has 2 N–H and O–H groups in total.